The lowest BCUT2D eigenvalue weighted by molar-refractivity contribution is -0.160. The smallest absolute Gasteiger partial charge is 0.312 e. The van der Waals surface area contributed by atoms with E-state index in [-0.39, 0.29) is 48.0 Å². The number of aliphatic hydroxyl groups excluding tert-OH is 1. The number of carbonyl (C=O) groups excluding carboxylic acids is 1. The molecule has 1 saturated carbocycles. The van der Waals surface area contributed by atoms with Crippen molar-refractivity contribution >= 4 is 14.3 Å². The minimum Gasteiger partial charge on any atom is -0.497 e. The van der Waals surface area contributed by atoms with Crippen LogP contribution in [-0.2, 0) is 34.8 Å². The molecule has 1 aromatic carbocycles. The Balaban J connectivity index is 1.69. The summed E-state index contributed by atoms with van der Waals surface area (Å²) in [6.45, 7) is 20.3. The van der Waals surface area contributed by atoms with Crippen LogP contribution in [0.5, 0.6) is 5.75 Å². The normalized spacial score (nSPS) is 28.2. The minimum atomic E-state index is -2.13. The van der Waals surface area contributed by atoms with Crippen LogP contribution in [0.25, 0.3) is 0 Å². The highest BCUT2D eigenvalue weighted by atomic mass is 28.4. The molecule has 0 bridgehead atoms. The van der Waals surface area contributed by atoms with Gasteiger partial charge in [-0.15, -0.1) is 0 Å². The van der Waals surface area contributed by atoms with Gasteiger partial charge in [-0.3, -0.25) is 4.79 Å². The second-order valence-electron chi connectivity index (χ2n) is 16.6. The number of aliphatic hydroxyl groups is 1. The summed E-state index contributed by atoms with van der Waals surface area (Å²) in [5.41, 5.74) is 5.78. The third-order valence-corrected chi connectivity index (χ3v) is 18.8. The Hall–Kier alpha value is -2.01. The van der Waals surface area contributed by atoms with E-state index in [0.29, 0.717) is 62.1 Å². The molecule has 0 unspecified atom stereocenters. The van der Waals surface area contributed by atoms with Gasteiger partial charge in [0, 0.05) is 26.2 Å². The maximum Gasteiger partial charge on any atom is 0.312 e. The monoisotopic (exact) mass is 728 g/mol. The lowest BCUT2D eigenvalue weighted by atomic mass is 9.46. The second-order valence-corrected chi connectivity index (χ2v) is 22.0. The van der Waals surface area contributed by atoms with Crippen LogP contribution in [0.1, 0.15) is 99.5 Å². The molecule has 51 heavy (non-hydrogen) atoms. The third-order valence-electron chi connectivity index (χ3n) is 12.7. The predicted octanol–water partition coefficient (Wildman–Crippen LogP) is 9.02. The summed E-state index contributed by atoms with van der Waals surface area (Å²) in [4.78, 5) is 13.8. The summed E-state index contributed by atoms with van der Waals surface area (Å²) in [6.07, 6.45) is 5.91. The molecule has 3 aliphatic rings. The average molecular weight is 729 g/mol. The fraction of sp³-hybridized carbons (Fsp3) is 0.738. The van der Waals surface area contributed by atoms with E-state index in [4.69, 9.17) is 28.1 Å². The molecule has 0 saturated heterocycles. The minimum absolute atomic E-state index is 0.0827. The molecule has 9 heteroatoms. The molecule has 8 nitrogen and oxygen atoms in total. The predicted molar refractivity (Wildman–Crippen MR) is 205 cm³/mol. The molecule has 0 spiro atoms. The highest BCUT2D eigenvalue weighted by Gasteiger charge is 2.59. The number of carbonyl (C=O) groups is 1. The van der Waals surface area contributed by atoms with E-state index in [1.165, 1.54) is 18.3 Å². The largest absolute Gasteiger partial charge is 0.497 e. The first-order chi connectivity index (χ1) is 24.2. The van der Waals surface area contributed by atoms with Crippen molar-refractivity contribution in [3.05, 3.63) is 52.6 Å². The quantitative estimate of drug-likeness (QED) is 0.0527. The Morgan fingerprint density at radius 1 is 0.961 bits per heavy atom. The van der Waals surface area contributed by atoms with E-state index >= 15 is 0 Å². The summed E-state index contributed by atoms with van der Waals surface area (Å²) in [5, 5.41) is 12.3. The molecule has 0 aromatic heterocycles. The maximum atomic E-state index is 13.8. The van der Waals surface area contributed by atoms with Crippen LogP contribution < -0.4 is 4.74 Å². The van der Waals surface area contributed by atoms with Crippen LogP contribution >= 0.6 is 0 Å². The van der Waals surface area contributed by atoms with Crippen molar-refractivity contribution in [3.63, 3.8) is 0 Å². The number of rotatable bonds is 18. The number of esters is 1. The Morgan fingerprint density at radius 2 is 1.63 bits per heavy atom. The van der Waals surface area contributed by atoms with Gasteiger partial charge in [-0.05, 0) is 97.0 Å². The Labute approximate surface area is 309 Å². The number of fused-ring (bicyclic) bond motifs is 3. The van der Waals surface area contributed by atoms with E-state index in [1.54, 1.807) is 14.2 Å². The van der Waals surface area contributed by atoms with Crippen molar-refractivity contribution < 1.29 is 38.0 Å². The summed E-state index contributed by atoms with van der Waals surface area (Å²) < 4.78 is 35.7. The number of allylic oxidation sites excluding steroid dienone is 1. The molecule has 1 N–H and O–H groups in total. The van der Waals surface area contributed by atoms with Crippen molar-refractivity contribution in [2.45, 2.75) is 129 Å². The molecule has 1 fully saturated rings. The van der Waals surface area contributed by atoms with E-state index in [9.17, 15) is 9.90 Å². The first kappa shape index (κ1) is 41.7. The SMILES string of the molecule is COCO[C@H]1C=C(C)C[C@@H]2[C@@H]1C[C@@H](O)[C@@H]1C(CCO[Si](C(C)C)(C(C)C)C(C)C)=C(CCCOCc3ccc(OC)cc3)[C@H](C(=O)OC)C[C@@]21C. The van der Waals surface area contributed by atoms with Gasteiger partial charge in [-0.25, -0.2) is 0 Å². The highest BCUT2D eigenvalue weighted by Crippen LogP contribution is 2.62. The Bertz CT molecular complexity index is 1310. The molecule has 288 valence electrons. The zero-order valence-electron chi connectivity index (χ0n) is 33.5. The van der Waals surface area contributed by atoms with Crippen LogP contribution in [0.3, 0.4) is 0 Å². The van der Waals surface area contributed by atoms with Crippen LogP contribution in [0.15, 0.2) is 47.1 Å². The van der Waals surface area contributed by atoms with Crippen molar-refractivity contribution in [2.75, 3.05) is 41.3 Å². The van der Waals surface area contributed by atoms with Crippen LogP contribution in [0.2, 0.25) is 16.6 Å². The lowest BCUT2D eigenvalue weighted by Crippen LogP contribution is -2.58. The van der Waals surface area contributed by atoms with Crippen molar-refractivity contribution in [3.8, 4) is 5.75 Å². The van der Waals surface area contributed by atoms with Gasteiger partial charge in [0.25, 0.3) is 0 Å². The van der Waals surface area contributed by atoms with Gasteiger partial charge >= 0.3 is 5.97 Å². The van der Waals surface area contributed by atoms with E-state index in [2.05, 4.69) is 61.5 Å². The third kappa shape index (κ3) is 9.03. The molecule has 3 aliphatic carbocycles. The first-order valence-electron chi connectivity index (χ1n) is 19.3. The molecule has 4 rings (SSSR count). The summed E-state index contributed by atoms with van der Waals surface area (Å²) >= 11 is 0. The maximum absolute atomic E-state index is 13.8. The molecule has 0 aliphatic heterocycles. The zero-order chi connectivity index (χ0) is 37.5. The van der Waals surface area contributed by atoms with Gasteiger partial charge < -0.3 is 33.2 Å². The van der Waals surface area contributed by atoms with Crippen LogP contribution in [0, 0.1) is 29.1 Å². The fourth-order valence-electron chi connectivity index (χ4n) is 10.7. The van der Waals surface area contributed by atoms with E-state index in [1.807, 2.05) is 24.3 Å². The molecule has 0 amide bonds. The van der Waals surface area contributed by atoms with Crippen molar-refractivity contribution in [1.29, 1.82) is 0 Å². The lowest BCUT2D eigenvalue weighted by Gasteiger charge is -2.60. The van der Waals surface area contributed by atoms with Gasteiger partial charge in [0.15, 0.2) is 8.32 Å². The molecule has 0 heterocycles. The number of hydrogen-bond acceptors (Lipinski definition) is 8. The zero-order valence-corrected chi connectivity index (χ0v) is 34.5. The van der Waals surface area contributed by atoms with Crippen LogP contribution in [0.4, 0.5) is 0 Å². The Morgan fingerprint density at radius 3 is 2.22 bits per heavy atom. The van der Waals surface area contributed by atoms with Crippen molar-refractivity contribution in [1.82, 2.24) is 0 Å². The first-order valence-corrected chi connectivity index (χ1v) is 21.5. The van der Waals surface area contributed by atoms with Gasteiger partial charge in [0.2, 0.25) is 0 Å². The number of hydrogen-bond donors (Lipinski definition) is 1. The molecular formula is C42H68O8Si. The highest BCUT2D eigenvalue weighted by molar-refractivity contribution is 6.77. The molecule has 7 atom stereocenters. The molecule has 0 radical (unpaired) electrons. The number of methoxy groups -OCH3 is 3. The Kier molecular flexibility index (Phi) is 15.0. The van der Waals surface area contributed by atoms with E-state index in [0.717, 1.165) is 29.7 Å². The molecule has 1 aromatic rings. The van der Waals surface area contributed by atoms with Crippen molar-refractivity contribution in [2.24, 2.45) is 29.1 Å². The topological polar surface area (TPSA) is 92.7 Å². The van der Waals surface area contributed by atoms with Gasteiger partial charge in [0.05, 0.1) is 39.0 Å². The summed E-state index contributed by atoms with van der Waals surface area (Å²) in [7, 11) is 2.68. The van der Waals surface area contributed by atoms with Gasteiger partial charge in [-0.1, -0.05) is 83.4 Å². The second kappa shape index (κ2) is 18.3. The van der Waals surface area contributed by atoms with Gasteiger partial charge in [0.1, 0.15) is 12.5 Å². The van der Waals surface area contributed by atoms with Gasteiger partial charge in [-0.2, -0.15) is 0 Å². The molecular weight excluding hydrogens is 661 g/mol. The average Bonchev–Trinajstić information content (AvgIpc) is 3.09. The van der Waals surface area contributed by atoms with E-state index < -0.39 is 14.4 Å². The summed E-state index contributed by atoms with van der Waals surface area (Å²) in [5.74, 6) is 0.539. The fourth-order valence-corrected chi connectivity index (χ4v) is 16.1. The summed E-state index contributed by atoms with van der Waals surface area (Å²) in [6, 6.07) is 7.94. The van der Waals surface area contributed by atoms with Crippen LogP contribution in [-0.4, -0.2) is 72.9 Å². The number of ether oxygens (including phenoxy) is 5. The number of benzene rings is 1. The standard InChI is InChI=1S/C42H68O8Si/c1-27(2)51(28(3)4,29(5)6)50-20-18-34-33(13-12-19-48-25-31-14-16-32(46-10)17-15-31)36(41(44)47-11)24-42(8)37-21-30(7)22-39(49-26-45-9)35(37)23-38(43)40(34)42/h14-17,22,27-29,35-40,43H,12-13,18-21,23-26H2,1-11H3/t35-,36+,37+,38+,39-,40-,42-/m0/s1.